The first-order valence-electron chi connectivity index (χ1n) is 6.06. The molecule has 0 atom stereocenters. The van der Waals surface area contributed by atoms with E-state index in [0.29, 0.717) is 0 Å². The van der Waals surface area contributed by atoms with Crippen LogP contribution in [0.4, 0.5) is 8.78 Å². The summed E-state index contributed by atoms with van der Waals surface area (Å²) in [4.78, 5) is 11.4. The molecule has 0 bridgehead atoms. The normalized spacial score (nSPS) is 23.4. The van der Waals surface area contributed by atoms with Crippen LogP contribution in [0, 0.1) is 5.41 Å². The fraction of sp³-hybridized carbons (Fsp3) is 0.917. The molecule has 100 valence electrons. The average Bonchev–Trinajstić information content (AvgIpc) is 2.28. The van der Waals surface area contributed by atoms with E-state index in [1.807, 2.05) is 0 Å². The zero-order chi connectivity index (χ0) is 13.3. The first kappa shape index (κ1) is 14.4. The van der Waals surface area contributed by atoms with Gasteiger partial charge in [-0.05, 0) is 25.7 Å². The maximum absolute atomic E-state index is 13.1. The van der Waals surface area contributed by atoms with E-state index < -0.39 is 35.7 Å². The largest absolute Gasteiger partial charge is 0.481 e. The third kappa shape index (κ3) is 2.30. The highest BCUT2D eigenvalue weighted by atomic mass is 19.3. The van der Waals surface area contributed by atoms with Crippen molar-refractivity contribution in [3.8, 4) is 0 Å². The second-order valence-electron chi connectivity index (χ2n) is 4.98. The number of carboxylic acids is 1. The number of rotatable bonds is 4. The van der Waals surface area contributed by atoms with Crippen LogP contribution in [0.3, 0.4) is 0 Å². The Balaban J connectivity index is 3.05. The van der Waals surface area contributed by atoms with Gasteiger partial charge in [0.15, 0.2) is 0 Å². The van der Waals surface area contributed by atoms with Crippen molar-refractivity contribution in [2.75, 3.05) is 0 Å². The molecule has 0 unspecified atom stereocenters. The van der Waals surface area contributed by atoms with E-state index in [-0.39, 0.29) is 25.7 Å². The van der Waals surface area contributed by atoms with Crippen LogP contribution < -0.4 is 0 Å². The van der Waals surface area contributed by atoms with Gasteiger partial charge < -0.3 is 10.2 Å². The molecular formula is C12H20F2O3. The number of aliphatic carboxylic acids is 1. The Kier molecular flexibility index (Phi) is 3.81. The van der Waals surface area contributed by atoms with Gasteiger partial charge in [-0.1, -0.05) is 13.8 Å². The zero-order valence-corrected chi connectivity index (χ0v) is 10.3. The summed E-state index contributed by atoms with van der Waals surface area (Å²) in [5.74, 6) is -3.94. The van der Waals surface area contributed by atoms with Crippen molar-refractivity contribution in [3.05, 3.63) is 0 Å². The van der Waals surface area contributed by atoms with Crippen molar-refractivity contribution in [1.82, 2.24) is 0 Å². The molecule has 0 radical (unpaired) electrons. The summed E-state index contributed by atoms with van der Waals surface area (Å²) in [5, 5.41) is 19.8. The van der Waals surface area contributed by atoms with Gasteiger partial charge in [0.05, 0.1) is 11.0 Å². The van der Waals surface area contributed by atoms with Crippen LogP contribution in [-0.4, -0.2) is 27.7 Å². The Hall–Kier alpha value is -0.710. The summed E-state index contributed by atoms with van der Waals surface area (Å²) < 4.78 is 26.3. The monoisotopic (exact) mass is 250 g/mol. The lowest BCUT2D eigenvalue weighted by Gasteiger charge is -2.47. The molecule has 1 fully saturated rings. The molecule has 1 rings (SSSR count). The average molecular weight is 250 g/mol. The van der Waals surface area contributed by atoms with Crippen LogP contribution in [0.15, 0.2) is 0 Å². The highest BCUT2D eigenvalue weighted by Gasteiger charge is 2.58. The standard InChI is InChI=1S/C12H20F2O3/c1-3-11(17,4-2)10(9(15)16)5-7-12(13,14)8-6-10/h17H,3-8H2,1-2H3,(H,15,16). The Morgan fingerprint density at radius 3 is 1.88 bits per heavy atom. The molecule has 0 spiro atoms. The third-order valence-corrected chi connectivity index (χ3v) is 4.31. The molecular weight excluding hydrogens is 230 g/mol. The smallest absolute Gasteiger partial charge is 0.312 e. The Morgan fingerprint density at radius 2 is 1.59 bits per heavy atom. The van der Waals surface area contributed by atoms with Gasteiger partial charge >= 0.3 is 5.97 Å². The summed E-state index contributed by atoms with van der Waals surface area (Å²) in [6.07, 6.45) is -0.701. The molecule has 0 aromatic rings. The zero-order valence-electron chi connectivity index (χ0n) is 10.3. The van der Waals surface area contributed by atoms with Gasteiger partial charge in [0.2, 0.25) is 5.92 Å². The molecule has 0 aromatic heterocycles. The van der Waals surface area contributed by atoms with Crippen molar-refractivity contribution < 1.29 is 23.8 Å². The van der Waals surface area contributed by atoms with Crippen LogP contribution in [0.1, 0.15) is 52.4 Å². The van der Waals surface area contributed by atoms with Crippen molar-refractivity contribution in [2.24, 2.45) is 5.41 Å². The van der Waals surface area contributed by atoms with E-state index >= 15 is 0 Å². The van der Waals surface area contributed by atoms with Gasteiger partial charge in [0.25, 0.3) is 0 Å². The lowest BCUT2D eigenvalue weighted by molar-refractivity contribution is -0.188. The highest BCUT2D eigenvalue weighted by Crippen LogP contribution is 2.51. The second-order valence-corrected chi connectivity index (χ2v) is 4.98. The summed E-state index contributed by atoms with van der Waals surface area (Å²) in [5.41, 5.74) is -2.81. The van der Waals surface area contributed by atoms with Crippen molar-refractivity contribution >= 4 is 5.97 Å². The molecule has 0 heterocycles. The molecule has 1 aliphatic carbocycles. The first-order valence-corrected chi connectivity index (χ1v) is 6.06. The SMILES string of the molecule is CCC(O)(CC)C1(C(=O)O)CCC(F)(F)CC1. The maximum atomic E-state index is 13.1. The summed E-state index contributed by atoms with van der Waals surface area (Å²) >= 11 is 0. The van der Waals surface area contributed by atoms with Gasteiger partial charge in [-0.25, -0.2) is 8.78 Å². The predicted octanol–water partition coefficient (Wildman–Crippen LogP) is 2.82. The topological polar surface area (TPSA) is 57.5 Å². The fourth-order valence-corrected chi connectivity index (χ4v) is 2.85. The van der Waals surface area contributed by atoms with Crippen LogP contribution in [0.25, 0.3) is 0 Å². The van der Waals surface area contributed by atoms with Crippen molar-refractivity contribution in [3.63, 3.8) is 0 Å². The van der Waals surface area contributed by atoms with Gasteiger partial charge in [-0.15, -0.1) is 0 Å². The van der Waals surface area contributed by atoms with E-state index in [0.717, 1.165) is 0 Å². The van der Waals surface area contributed by atoms with Crippen LogP contribution in [0.2, 0.25) is 0 Å². The Labute approximate surface area is 99.8 Å². The van der Waals surface area contributed by atoms with Crippen LogP contribution in [0.5, 0.6) is 0 Å². The van der Waals surface area contributed by atoms with E-state index in [1.165, 1.54) is 0 Å². The van der Waals surface area contributed by atoms with E-state index in [9.17, 15) is 23.8 Å². The third-order valence-electron chi connectivity index (χ3n) is 4.31. The van der Waals surface area contributed by atoms with Crippen molar-refractivity contribution in [1.29, 1.82) is 0 Å². The van der Waals surface area contributed by atoms with E-state index in [4.69, 9.17) is 0 Å². The molecule has 1 saturated carbocycles. The Bertz CT molecular complexity index is 288. The number of hydrogen-bond acceptors (Lipinski definition) is 2. The number of aliphatic hydroxyl groups is 1. The number of hydrogen-bond donors (Lipinski definition) is 2. The van der Waals surface area contributed by atoms with Gasteiger partial charge in [0.1, 0.15) is 0 Å². The number of halogens is 2. The lowest BCUT2D eigenvalue weighted by atomic mass is 9.60. The van der Waals surface area contributed by atoms with Crippen LogP contribution >= 0.6 is 0 Å². The highest BCUT2D eigenvalue weighted by molar-refractivity contribution is 5.76. The summed E-state index contributed by atoms with van der Waals surface area (Å²) in [6.45, 7) is 3.39. The first-order chi connectivity index (χ1) is 7.73. The predicted molar refractivity (Wildman–Crippen MR) is 59.0 cm³/mol. The maximum Gasteiger partial charge on any atom is 0.312 e. The lowest BCUT2D eigenvalue weighted by Crippen LogP contribution is -2.55. The molecule has 5 heteroatoms. The van der Waals surface area contributed by atoms with E-state index in [1.54, 1.807) is 13.8 Å². The number of alkyl halides is 2. The molecule has 17 heavy (non-hydrogen) atoms. The molecule has 1 aliphatic rings. The number of carbonyl (C=O) groups is 1. The Morgan fingerprint density at radius 1 is 1.18 bits per heavy atom. The second kappa shape index (κ2) is 4.52. The fourth-order valence-electron chi connectivity index (χ4n) is 2.85. The molecule has 0 aliphatic heterocycles. The minimum absolute atomic E-state index is 0.159. The van der Waals surface area contributed by atoms with Gasteiger partial charge in [0, 0.05) is 12.8 Å². The quantitative estimate of drug-likeness (QED) is 0.806. The van der Waals surface area contributed by atoms with Gasteiger partial charge in [-0.3, -0.25) is 4.79 Å². The molecule has 0 amide bonds. The minimum Gasteiger partial charge on any atom is -0.481 e. The summed E-state index contributed by atoms with van der Waals surface area (Å²) in [7, 11) is 0. The molecule has 3 nitrogen and oxygen atoms in total. The van der Waals surface area contributed by atoms with Crippen molar-refractivity contribution in [2.45, 2.75) is 63.9 Å². The van der Waals surface area contributed by atoms with Crippen LogP contribution in [-0.2, 0) is 4.79 Å². The molecule has 0 saturated heterocycles. The molecule has 0 aromatic carbocycles. The van der Waals surface area contributed by atoms with E-state index in [2.05, 4.69) is 0 Å². The molecule has 2 N–H and O–H groups in total. The number of carboxylic acid groups (broad SMARTS) is 1. The summed E-state index contributed by atoms with van der Waals surface area (Å²) in [6, 6.07) is 0. The van der Waals surface area contributed by atoms with Gasteiger partial charge in [-0.2, -0.15) is 0 Å². The minimum atomic E-state index is -2.79.